The van der Waals surface area contributed by atoms with Crippen LogP contribution in [0.4, 0.5) is 13.2 Å². The van der Waals surface area contributed by atoms with E-state index < -0.39 is 195 Å². The summed E-state index contributed by atoms with van der Waals surface area (Å²) in [5.41, 5.74) is -6.03. The maximum atomic E-state index is 16.3. The quantitative estimate of drug-likeness (QED) is 0.00952. The Bertz CT molecular complexity index is 3930. The van der Waals surface area contributed by atoms with Gasteiger partial charge in [-0.25, -0.2) is 13.2 Å². The molecule has 702 valence electrons. The normalized spacial score (nSPS) is 27.7. The zero-order valence-corrected chi connectivity index (χ0v) is 89.4. The molecule has 0 amide bonds. The van der Waals surface area contributed by atoms with Crippen molar-refractivity contribution in [2.24, 2.45) is 11.8 Å². The van der Waals surface area contributed by atoms with Crippen LogP contribution in [-0.4, -0.2) is 217 Å². The summed E-state index contributed by atoms with van der Waals surface area (Å²) in [6.45, 7) is 67.7. The number of sulfone groups is 1. The van der Waals surface area contributed by atoms with Gasteiger partial charge in [-0.05, 0) is 191 Å². The minimum Gasteiger partial charge on any atom is -0.455 e. The lowest BCUT2D eigenvalue weighted by Gasteiger charge is -2.56. The van der Waals surface area contributed by atoms with Crippen molar-refractivity contribution < 1.29 is 104 Å². The van der Waals surface area contributed by atoms with E-state index in [2.05, 4.69) is 223 Å². The third-order valence-electron chi connectivity index (χ3n) is 29.4. The average Bonchev–Trinajstić information content (AvgIpc) is 1.24. The molecule has 122 heavy (non-hydrogen) atoms. The van der Waals surface area contributed by atoms with Crippen molar-refractivity contribution >= 4 is 98.4 Å². The van der Waals surface area contributed by atoms with Crippen LogP contribution < -0.4 is 0 Å². The monoisotopic (exact) mass is 1970 g/mol. The fourth-order valence-corrected chi connectivity index (χ4v) is 28.8. The van der Waals surface area contributed by atoms with Crippen LogP contribution in [0, 0.1) is 11.8 Å². The van der Waals surface area contributed by atoms with E-state index in [1.54, 1.807) is 68.6 Å². The molecule has 0 bridgehead atoms. The molecule has 5 aliphatic rings. The van der Waals surface area contributed by atoms with Gasteiger partial charge in [0.1, 0.15) is 41.9 Å². The van der Waals surface area contributed by atoms with Crippen LogP contribution in [0.1, 0.15) is 213 Å². The topological polar surface area (TPSA) is 235 Å². The van der Waals surface area contributed by atoms with Crippen LogP contribution in [0.15, 0.2) is 90.0 Å². The van der Waals surface area contributed by atoms with Gasteiger partial charge < -0.3 is 69.0 Å². The first kappa shape index (κ1) is 107. The van der Waals surface area contributed by atoms with Crippen LogP contribution >= 0.6 is 22.6 Å². The maximum Gasteiger partial charge on any atom is 0.534 e. The standard InChI is InChI=1S/C90H158F3IO20S2Si6/c1-32-122(33-2,34-3)102-54-53-71-76(77(101-21)74(107-71)57-68(111-118(24,25)85(9,10)11)59-103-117(22,23)84(6,7)8)82(115(97,98)69-43-39-36-40-44-69)70(95)56-65-48-50-72-78(105-65)80(113-120(28,29)87(15,16)17)81(114-121(30,31)88(18,19)20)79(108-72)73(112-119(26,27)86(12,13)14)51-47-64(106-83(96)63-41-37-35-38-42-63)45-46-67-58-89(60-94)75(104-67)52-49-66(109-89)55-61(4)62(5)110-116(99,100)90(91,92)93/h35-44,47,51,61,64-68,70-82,95H,5,32-34,45-46,48-50,52-60H2,1-4,6-31H3/b51-47+/t61-,64?,65-,66-,67+,68+,70?,71+,72+,73+,74-,75+,76?,77+,78+,79+,80+,81-,82?,89-/m1/s1. The molecule has 0 aliphatic carbocycles. The van der Waals surface area contributed by atoms with Crippen LogP contribution in [0.5, 0.6) is 0 Å². The Morgan fingerprint density at radius 1 is 0.623 bits per heavy atom. The molecule has 5 aliphatic heterocycles. The second kappa shape index (κ2) is 41.7. The minimum absolute atomic E-state index is 0.0703. The Labute approximate surface area is 753 Å². The van der Waals surface area contributed by atoms with Gasteiger partial charge in [0, 0.05) is 49.2 Å². The van der Waals surface area contributed by atoms with E-state index in [0.29, 0.717) is 81.0 Å². The van der Waals surface area contributed by atoms with Gasteiger partial charge in [0.15, 0.2) is 59.7 Å². The number of ether oxygens (including phenoxy) is 7. The van der Waals surface area contributed by atoms with Crippen LogP contribution in [0.2, 0.25) is 109 Å². The number of aliphatic hydroxyl groups is 1. The molecule has 20 nitrogen and oxygen atoms in total. The van der Waals surface area contributed by atoms with Crippen molar-refractivity contribution in [2.45, 2.75) is 430 Å². The lowest BCUT2D eigenvalue weighted by molar-refractivity contribution is -0.268. The molecule has 4 unspecified atom stereocenters. The third-order valence-corrected chi connectivity index (χ3v) is 61.1. The molecule has 0 radical (unpaired) electrons. The second-order valence-electron chi connectivity index (χ2n) is 43.1. The number of halogens is 4. The molecular weight excluding hydrogens is 1820 g/mol. The number of aliphatic hydroxyl groups excluding tert-OH is 1. The van der Waals surface area contributed by atoms with Gasteiger partial charge in [0.2, 0.25) is 0 Å². The first-order valence-corrected chi connectivity index (χ1v) is 66.4. The molecule has 32 heteroatoms. The second-order valence-corrected chi connectivity index (χ2v) is 76.1. The average molecular weight is 1980 g/mol. The number of alkyl halides is 4. The Balaban J connectivity index is 1.32. The number of carbonyl (C=O) groups excluding carboxylic acids is 1. The number of methoxy groups -OCH3 is 1. The highest BCUT2D eigenvalue weighted by Crippen LogP contribution is 2.52. The molecule has 1 N–H and O–H groups in total. The van der Waals surface area contributed by atoms with Gasteiger partial charge in [0.05, 0.1) is 89.5 Å². The summed E-state index contributed by atoms with van der Waals surface area (Å²) < 4.78 is 197. The van der Waals surface area contributed by atoms with E-state index in [1.807, 2.05) is 18.2 Å². The molecule has 2 aromatic carbocycles. The Morgan fingerprint density at radius 2 is 1.16 bits per heavy atom. The lowest BCUT2D eigenvalue weighted by Crippen LogP contribution is -2.69. The fraction of sp³-hybridized carbons (Fsp3) is 0.811. The van der Waals surface area contributed by atoms with Crippen molar-refractivity contribution in [1.82, 2.24) is 0 Å². The van der Waals surface area contributed by atoms with Crippen molar-refractivity contribution in [1.29, 1.82) is 0 Å². The van der Waals surface area contributed by atoms with Crippen LogP contribution in [0.25, 0.3) is 0 Å². The number of benzene rings is 2. The smallest absolute Gasteiger partial charge is 0.455 e. The first-order valence-electron chi connectivity index (χ1n) is 44.8. The molecular formula is C90H158F3IO20S2Si6. The highest BCUT2D eigenvalue weighted by atomic mass is 127. The number of carbonyl (C=O) groups is 1. The van der Waals surface area contributed by atoms with Gasteiger partial charge in [-0.1, -0.05) is 203 Å². The highest BCUT2D eigenvalue weighted by Gasteiger charge is 2.62. The van der Waals surface area contributed by atoms with E-state index >= 15 is 8.42 Å². The molecule has 20 atom stereocenters. The van der Waals surface area contributed by atoms with E-state index in [9.17, 15) is 31.5 Å². The predicted molar refractivity (Wildman–Crippen MR) is 503 cm³/mol. The number of allylic oxidation sites excluding steroid dienone is 1. The third kappa shape index (κ3) is 26.4. The molecule has 5 heterocycles. The SMILES string of the molecule is C=C(OS(=O)(=O)C(F)(F)F)[C@H](C)C[C@H]1CC[C@@H]2O[C@@H](CCC(/C=C/[C@H](O[Si](C)(C)C(C)(C)C)[C@@H]3O[C@H]4CC[C@H](CC(O)C(C5[C@H](CCO[Si](CC)(CC)CC)O[C@H](C[C@@H](CO[Si](C)(C)C(C)(C)C)O[Si](C)(C)C(C)(C)C)[C@@H]5OC)S(=O)(=O)c5ccccc5)O[C@@H]4[C@H](O[Si](C)(C)C(C)(C)C)[C@@H]3O[Si](C)(C)C(C)(C)C)OC(=O)c3ccccc3)C[C@]2(CI)O1. The Kier molecular flexibility index (Phi) is 36.7. The first-order chi connectivity index (χ1) is 55.8. The van der Waals surface area contributed by atoms with Gasteiger partial charge >= 0.3 is 21.6 Å². The summed E-state index contributed by atoms with van der Waals surface area (Å²) in [4.78, 5) is 14.6. The highest BCUT2D eigenvalue weighted by molar-refractivity contribution is 14.1. The van der Waals surface area contributed by atoms with Crippen molar-refractivity contribution in [3.8, 4) is 0 Å². The number of hydrogen-bond donors (Lipinski definition) is 1. The van der Waals surface area contributed by atoms with Gasteiger partial charge in [-0.15, -0.1) is 0 Å². The number of hydrogen-bond acceptors (Lipinski definition) is 20. The van der Waals surface area contributed by atoms with E-state index in [4.69, 9.17) is 59.7 Å². The summed E-state index contributed by atoms with van der Waals surface area (Å²) in [7, 11) is -24.3. The molecule has 0 spiro atoms. The van der Waals surface area contributed by atoms with Crippen LogP contribution in [-0.2, 0) is 83.9 Å². The number of esters is 1. The Hall–Kier alpha value is -1.61. The molecule has 7 rings (SSSR count). The maximum absolute atomic E-state index is 16.3. The molecule has 5 saturated heterocycles. The molecule has 0 saturated carbocycles. The van der Waals surface area contributed by atoms with Crippen molar-refractivity contribution in [2.75, 3.05) is 24.8 Å². The largest absolute Gasteiger partial charge is 0.534 e. The summed E-state index contributed by atoms with van der Waals surface area (Å²) in [5, 5.41) is 11.1. The zero-order chi connectivity index (χ0) is 92.2. The summed E-state index contributed by atoms with van der Waals surface area (Å²) in [6, 6.07) is 20.0. The van der Waals surface area contributed by atoms with E-state index in [1.165, 1.54) is 0 Å². The minimum atomic E-state index is -5.91. The summed E-state index contributed by atoms with van der Waals surface area (Å²) in [5.74, 6) is -2.76. The summed E-state index contributed by atoms with van der Waals surface area (Å²) >= 11 is 2.29. The molecule has 0 aromatic heterocycles. The van der Waals surface area contributed by atoms with Gasteiger partial charge in [-0.3, -0.25) is 0 Å². The van der Waals surface area contributed by atoms with Crippen LogP contribution in [0.3, 0.4) is 0 Å². The van der Waals surface area contributed by atoms with E-state index in [0.717, 1.165) is 18.1 Å². The Morgan fingerprint density at radius 3 is 1.68 bits per heavy atom. The fourth-order valence-electron chi connectivity index (χ4n) is 16.2. The molecule has 2 aromatic rings. The predicted octanol–water partition coefficient (Wildman–Crippen LogP) is 22.2. The zero-order valence-electron chi connectivity index (χ0n) is 79.7. The van der Waals surface area contributed by atoms with Crippen molar-refractivity contribution in [3.63, 3.8) is 0 Å². The summed E-state index contributed by atoms with van der Waals surface area (Å²) in [6.07, 6.45) is -4.03. The number of fused-ring (bicyclic) bond motifs is 2. The van der Waals surface area contributed by atoms with E-state index in [-0.39, 0.29) is 55.1 Å². The number of rotatable bonds is 41. The lowest BCUT2D eigenvalue weighted by atomic mass is 9.84. The van der Waals surface area contributed by atoms with Gasteiger partial charge in [0.25, 0.3) is 0 Å². The van der Waals surface area contributed by atoms with Crippen molar-refractivity contribution in [3.05, 3.63) is 90.7 Å². The molecule has 5 fully saturated rings. The van der Waals surface area contributed by atoms with Gasteiger partial charge in [-0.2, -0.15) is 21.6 Å².